The quantitative estimate of drug-likeness (QED) is 0.311. The number of nitrogens with zero attached hydrogens (tertiary/aromatic N) is 4. The van der Waals surface area contributed by atoms with E-state index in [4.69, 9.17) is 4.74 Å². The summed E-state index contributed by atoms with van der Waals surface area (Å²) < 4.78 is 7.38. The highest BCUT2D eigenvalue weighted by Crippen LogP contribution is 2.33. The largest absolute Gasteiger partial charge is 0.455 e. The van der Waals surface area contributed by atoms with Gasteiger partial charge in [0.1, 0.15) is 12.3 Å². The molecule has 168 valence electrons. The molecule has 34 heavy (non-hydrogen) atoms. The van der Waals surface area contributed by atoms with Crippen LogP contribution in [0.2, 0.25) is 0 Å². The zero-order valence-corrected chi connectivity index (χ0v) is 19.1. The van der Waals surface area contributed by atoms with Gasteiger partial charge in [-0.3, -0.25) is 4.98 Å². The molecule has 5 rings (SSSR count). The van der Waals surface area contributed by atoms with Crippen LogP contribution in [-0.4, -0.2) is 25.9 Å². The molecule has 0 amide bonds. The summed E-state index contributed by atoms with van der Waals surface area (Å²) in [5.74, 6) is -0.434. The van der Waals surface area contributed by atoms with Crippen LogP contribution in [0.4, 0.5) is 0 Å². The van der Waals surface area contributed by atoms with E-state index in [9.17, 15) is 4.79 Å². The van der Waals surface area contributed by atoms with Crippen LogP contribution >= 0.6 is 0 Å². The molecule has 0 unspecified atom stereocenters. The van der Waals surface area contributed by atoms with Crippen molar-refractivity contribution in [2.45, 2.75) is 26.9 Å². The van der Waals surface area contributed by atoms with Crippen LogP contribution in [-0.2, 0) is 17.8 Å². The average molecular weight is 449 g/mol. The maximum absolute atomic E-state index is 13.3. The third kappa shape index (κ3) is 4.18. The van der Waals surface area contributed by atoms with Gasteiger partial charge in [0.25, 0.3) is 0 Å². The minimum Gasteiger partial charge on any atom is -0.455 e. The number of ether oxygens (including phenoxy) is 1. The molecule has 0 fully saturated rings. The Morgan fingerprint density at radius 1 is 0.941 bits per heavy atom. The molecule has 6 nitrogen and oxygen atoms in total. The van der Waals surface area contributed by atoms with Crippen molar-refractivity contribution in [3.8, 4) is 16.8 Å². The second kappa shape index (κ2) is 9.27. The van der Waals surface area contributed by atoms with Gasteiger partial charge in [-0.15, -0.1) is 5.10 Å². The molecule has 0 saturated heterocycles. The number of rotatable bonds is 6. The summed E-state index contributed by atoms with van der Waals surface area (Å²) in [6, 6.07) is 25.8. The fourth-order valence-electron chi connectivity index (χ4n) is 4.08. The monoisotopic (exact) mass is 448 g/mol. The molecule has 0 atom stereocenters. The van der Waals surface area contributed by atoms with Gasteiger partial charge in [0, 0.05) is 10.9 Å². The Balaban J connectivity index is 1.43. The second-order valence-corrected chi connectivity index (χ2v) is 8.08. The lowest BCUT2D eigenvalue weighted by molar-refractivity contribution is 0.0467. The number of pyridine rings is 1. The van der Waals surface area contributed by atoms with Crippen molar-refractivity contribution in [3.05, 3.63) is 108 Å². The van der Waals surface area contributed by atoms with Crippen molar-refractivity contribution in [1.82, 2.24) is 20.0 Å². The maximum Gasteiger partial charge on any atom is 0.341 e. The number of fused-ring (bicyclic) bond motifs is 1. The molecule has 0 aliphatic carbocycles. The molecule has 0 aliphatic heterocycles. The third-order valence-corrected chi connectivity index (χ3v) is 5.84. The van der Waals surface area contributed by atoms with Crippen LogP contribution < -0.4 is 0 Å². The van der Waals surface area contributed by atoms with Crippen LogP contribution in [0.25, 0.3) is 27.7 Å². The molecule has 0 radical (unpaired) electrons. The summed E-state index contributed by atoms with van der Waals surface area (Å²) in [6.07, 6.45) is 2.75. The first-order valence-electron chi connectivity index (χ1n) is 11.3. The number of benzene rings is 3. The first-order chi connectivity index (χ1) is 16.6. The first kappa shape index (κ1) is 21.5. The molecule has 2 aromatic heterocycles. The van der Waals surface area contributed by atoms with E-state index in [1.165, 1.54) is 5.56 Å². The number of carbonyl (C=O) groups excluding carboxylic acids is 1. The lowest BCUT2D eigenvalue weighted by Gasteiger charge is -2.15. The van der Waals surface area contributed by atoms with E-state index in [1.54, 1.807) is 10.9 Å². The zero-order chi connectivity index (χ0) is 23.5. The molecule has 0 N–H and O–H groups in total. The fraction of sp³-hybridized carbons (Fsp3) is 0.143. The first-order valence-corrected chi connectivity index (χ1v) is 11.3. The lowest BCUT2D eigenvalue weighted by Crippen LogP contribution is -2.11. The van der Waals surface area contributed by atoms with E-state index in [2.05, 4.69) is 34.4 Å². The number of hydrogen-bond acceptors (Lipinski definition) is 5. The van der Waals surface area contributed by atoms with Gasteiger partial charge in [-0.2, -0.15) is 0 Å². The van der Waals surface area contributed by atoms with Crippen molar-refractivity contribution >= 4 is 16.9 Å². The molecular formula is C28H24N4O2. The molecule has 5 aromatic rings. The number of aryl methyl sites for hydroxylation is 2. The maximum atomic E-state index is 13.3. The Morgan fingerprint density at radius 3 is 2.44 bits per heavy atom. The van der Waals surface area contributed by atoms with Crippen LogP contribution in [0.15, 0.2) is 85.1 Å². The predicted octanol–water partition coefficient (Wildman–Crippen LogP) is 5.71. The van der Waals surface area contributed by atoms with Gasteiger partial charge < -0.3 is 4.74 Å². The summed E-state index contributed by atoms with van der Waals surface area (Å²) in [7, 11) is 0. The third-order valence-electron chi connectivity index (χ3n) is 5.84. The van der Waals surface area contributed by atoms with E-state index in [0.29, 0.717) is 17.0 Å². The topological polar surface area (TPSA) is 69.9 Å². The number of hydrogen-bond donors (Lipinski definition) is 0. The van der Waals surface area contributed by atoms with Crippen molar-refractivity contribution in [2.75, 3.05) is 0 Å². The Labute approximate surface area is 197 Å². The minimum atomic E-state index is -0.434. The molecule has 0 aliphatic rings. The van der Waals surface area contributed by atoms with Crippen molar-refractivity contribution in [2.24, 2.45) is 0 Å². The minimum absolute atomic E-state index is 0.0202. The Kier molecular flexibility index (Phi) is 5.87. The molecule has 0 bridgehead atoms. The van der Waals surface area contributed by atoms with Crippen LogP contribution in [0.5, 0.6) is 0 Å². The zero-order valence-electron chi connectivity index (χ0n) is 19.1. The van der Waals surface area contributed by atoms with Gasteiger partial charge in [0.05, 0.1) is 28.7 Å². The molecular weight excluding hydrogens is 424 g/mol. The molecule has 0 saturated carbocycles. The van der Waals surface area contributed by atoms with Crippen LogP contribution in [0, 0.1) is 6.92 Å². The van der Waals surface area contributed by atoms with E-state index < -0.39 is 5.97 Å². The summed E-state index contributed by atoms with van der Waals surface area (Å²) in [4.78, 5) is 18.0. The molecule has 6 heteroatoms. The van der Waals surface area contributed by atoms with E-state index in [0.717, 1.165) is 34.1 Å². The van der Waals surface area contributed by atoms with Crippen molar-refractivity contribution in [1.29, 1.82) is 0 Å². The highest BCUT2D eigenvalue weighted by molar-refractivity contribution is 6.07. The standard InChI is InChI=1S/C28H24N4O2/c1-3-20-13-15-23(16-14-20)32-17-22(30-31-32)18-34-28(33)26-19(2)29-25-12-8-7-11-24(25)27(26)21-9-5-4-6-10-21/h4-17H,3,18H2,1-2H3. The SMILES string of the molecule is CCc1ccc(-n2cc(COC(=O)c3c(C)nc4ccccc4c3-c3ccccc3)nn2)cc1. The normalized spacial score (nSPS) is 11.0. The van der Waals surface area contributed by atoms with Crippen molar-refractivity contribution < 1.29 is 9.53 Å². The molecule has 2 heterocycles. The summed E-state index contributed by atoms with van der Waals surface area (Å²) in [5, 5.41) is 9.26. The second-order valence-electron chi connectivity index (χ2n) is 8.08. The number of para-hydroxylation sites is 1. The number of carbonyl (C=O) groups is 1. The summed E-state index contributed by atoms with van der Waals surface area (Å²) >= 11 is 0. The Hall–Kier alpha value is -4.32. The predicted molar refractivity (Wildman–Crippen MR) is 132 cm³/mol. The van der Waals surface area contributed by atoms with Gasteiger partial charge in [-0.1, -0.05) is 72.8 Å². The smallest absolute Gasteiger partial charge is 0.341 e. The van der Waals surface area contributed by atoms with E-state index in [1.807, 2.05) is 73.7 Å². The highest BCUT2D eigenvalue weighted by Gasteiger charge is 2.22. The average Bonchev–Trinajstić information content (AvgIpc) is 3.36. The van der Waals surface area contributed by atoms with E-state index >= 15 is 0 Å². The van der Waals surface area contributed by atoms with Gasteiger partial charge in [0.15, 0.2) is 0 Å². The van der Waals surface area contributed by atoms with Crippen LogP contribution in [0.3, 0.4) is 0 Å². The number of aromatic nitrogens is 4. The Morgan fingerprint density at radius 2 is 1.68 bits per heavy atom. The summed E-state index contributed by atoms with van der Waals surface area (Å²) in [5.41, 5.74) is 6.43. The highest BCUT2D eigenvalue weighted by atomic mass is 16.5. The van der Waals surface area contributed by atoms with Gasteiger partial charge in [-0.05, 0) is 42.7 Å². The van der Waals surface area contributed by atoms with Gasteiger partial charge in [-0.25, -0.2) is 9.48 Å². The van der Waals surface area contributed by atoms with E-state index in [-0.39, 0.29) is 6.61 Å². The molecule has 3 aromatic carbocycles. The van der Waals surface area contributed by atoms with Crippen LogP contribution in [0.1, 0.15) is 34.2 Å². The Bertz CT molecular complexity index is 1460. The fourth-order valence-corrected chi connectivity index (χ4v) is 4.08. The van der Waals surface area contributed by atoms with Gasteiger partial charge >= 0.3 is 5.97 Å². The lowest BCUT2D eigenvalue weighted by atomic mass is 9.94. The summed E-state index contributed by atoms with van der Waals surface area (Å²) in [6.45, 7) is 3.98. The number of esters is 1. The molecule has 0 spiro atoms. The van der Waals surface area contributed by atoms with Crippen molar-refractivity contribution in [3.63, 3.8) is 0 Å². The van der Waals surface area contributed by atoms with Gasteiger partial charge in [0.2, 0.25) is 0 Å².